The first-order valence-electron chi connectivity index (χ1n) is 8.19. The van der Waals surface area contributed by atoms with Crippen LogP contribution >= 0.6 is 22.9 Å². The topological polar surface area (TPSA) is 71.5 Å². The highest BCUT2D eigenvalue weighted by Gasteiger charge is 2.15. The van der Waals surface area contributed by atoms with Crippen LogP contribution in [-0.4, -0.2) is 35.3 Å². The normalized spacial score (nSPS) is 11.9. The first-order chi connectivity index (χ1) is 13.4. The average Bonchev–Trinajstić information content (AvgIpc) is 3.17. The summed E-state index contributed by atoms with van der Waals surface area (Å²) in [6.45, 7) is -0.277. The number of nitrogens with one attached hydrogen (secondary N) is 1. The van der Waals surface area contributed by atoms with Crippen LogP contribution in [0.3, 0.4) is 0 Å². The number of aliphatic hydroxyl groups excluding tert-OH is 1. The number of hydrogen-bond donors (Lipinski definition) is 2. The van der Waals surface area contributed by atoms with Gasteiger partial charge in [-0.15, -0.1) is 11.3 Å². The van der Waals surface area contributed by atoms with Gasteiger partial charge in [-0.2, -0.15) is 0 Å². The molecule has 1 amide bonds. The molecular formula is C19H15ClF2N2O3S. The van der Waals surface area contributed by atoms with E-state index in [0.29, 0.717) is 14.9 Å². The zero-order valence-corrected chi connectivity index (χ0v) is 15.9. The molecule has 146 valence electrons. The van der Waals surface area contributed by atoms with E-state index in [0.717, 1.165) is 17.7 Å². The fourth-order valence-corrected chi connectivity index (χ4v) is 3.41. The Labute approximate surface area is 168 Å². The Bertz CT molecular complexity index is 983. The molecule has 0 aliphatic rings. The summed E-state index contributed by atoms with van der Waals surface area (Å²) in [6.07, 6.45) is 0.399. The Morgan fingerprint density at radius 2 is 2.04 bits per heavy atom. The van der Waals surface area contributed by atoms with Gasteiger partial charge in [0.1, 0.15) is 28.3 Å². The van der Waals surface area contributed by atoms with Gasteiger partial charge < -0.3 is 15.2 Å². The maximum absolute atomic E-state index is 13.1. The van der Waals surface area contributed by atoms with E-state index in [1.54, 1.807) is 12.1 Å². The highest BCUT2D eigenvalue weighted by molar-refractivity contribution is 7.17. The summed E-state index contributed by atoms with van der Waals surface area (Å²) in [5, 5.41) is 13.6. The van der Waals surface area contributed by atoms with Gasteiger partial charge in [-0.3, -0.25) is 4.79 Å². The van der Waals surface area contributed by atoms with Gasteiger partial charge in [-0.1, -0.05) is 29.8 Å². The largest absolute Gasteiger partial charge is 0.491 e. The Balaban J connectivity index is 1.51. The van der Waals surface area contributed by atoms with Crippen LogP contribution in [0, 0.1) is 11.6 Å². The van der Waals surface area contributed by atoms with Crippen LogP contribution in [-0.2, 0) is 0 Å². The minimum absolute atomic E-state index is 0.0797. The second-order valence-electron chi connectivity index (χ2n) is 5.76. The third-order valence-corrected chi connectivity index (χ3v) is 5.02. The summed E-state index contributed by atoms with van der Waals surface area (Å²) in [7, 11) is 0. The van der Waals surface area contributed by atoms with Gasteiger partial charge in [-0.05, 0) is 18.2 Å². The Morgan fingerprint density at radius 3 is 2.79 bits per heavy atom. The molecule has 0 fully saturated rings. The molecule has 1 aromatic heterocycles. The highest BCUT2D eigenvalue weighted by atomic mass is 35.5. The van der Waals surface area contributed by atoms with E-state index < -0.39 is 23.6 Å². The number of halogens is 3. The summed E-state index contributed by atoms with van der Waals surface area (Å²) in [5.41, 5.74) is 0.730. The van der Waals surface area contributed by atoms with Gasteiger partial charge in [0, 0.05) is 18.2 Å². The van der Waals surface area contributed by atoms with Crippen LogP contribution in [0.5, 0.6) is 5.75 Å². The van der Waals surface area contributed by atoms with Crippen LogP contribution in [0.2, 0.25) is 5.02 Å². The molecule has 9 heteroatoms. The Hall–Kier alpha value is -2.55. The number of carbonyl (C=O) groups is 1. The lowest BCUT2D eigenvalue weighted by Crippen LogP contribution is -2.35. The van der Waals surface area contributed by atoms with Crippen LogP contribution in [0.4, 0.5) is 8.78 Å². The van der Waals surface area contributed by atoms with Gasteiger partial charge in [0.25, 0.3) is 5.91 Å². The third kappa shape index (κ3) is 5.03. The van der Waals surface area contributed by atoms with Crippen molar-refractivity contribution in [1.29, 1.82) is 0 Å². The van der Waals surface area contributed by atoms with Crippen LogP contribution in [0.1, 0.15) is 9.67 Å². The minimum Gasteiger partial charge on any atom is -0.491 e. The molecule has 0 aliphatic carbocycles. The smallest absolute Gasteiger partial charge is 0.263 e. The fraction of sp³-hybridized carbons (Fsp3) is 0.158. The van der Waals surface area contributed by atoms with Crippen molar-refractivity contribution in [3.05, 3.63) is 70.2 Å². The molecule has 2 N–H and O–H groups in total. The zero-order chi connectivity index (χ0) is 20.1. The second kappa shape index (κ2) is 9.09. The van der Waals surface area contributed by atoms with E-state index in [9.17, 15) is 18.7 Å². The average molecular weight is 425 g/mol. The molecule has 0 aliphatic heterocycles. The van der Waals surface area contributed by atoms with Gasteiger partial charge in [-0.25, -0.2) is 13.8 Å². The van der Waals surface area contributed by atoms with Crippen LogP contribution in [0.25, 0.3) is 10.6 Å². The quantitative estimate of drug-likeness (QED) is 0.603. The molecule has 0 spiro atoms. The van der Waals surface area contributed by atoms with E-state index in [2.05, 4.69) is 10.3 Å². The lowest BCUT2D eigenvalue weighted by molar-refractivity contribution is 0.0846. The van der Waals surface area contributed by atoms with Crippen molar-refractivity contribution in [2.24, 2.45) is 0 Å². The third-order valence-electron chi connectivity index (χ3n) is 3.67. The van der Waals surface area contributed by atoms with E-state index >= 15 is 0 Å². The molecule has 0 bridgehead atoms. The maximum atomic E-state index is 13.1. The summed E-state index contributed by atoms with van der Waals surface area (Å²) >= 11 is 7.30. The number of hydrogen-bond acceptors (Lipinski definition) is 5. The molecule has 28 heavy (non-hydrogen) atoms. The molecule has 5 nitrogen and oxygen atoms in total. The number of aromatic nitrogens is 1. The molecule has 1 heterocycles. The molecular weight excluding hydrogens is 410 g/mol. The fourth-order valence-electron chi connectivity index (χ4n) is 2.25. The lowest BCUT2D eigenvalue weighted by Gasteiger charge is -2.13. The van der Waals surface area contributed by atoms with Gasteiger partial charge in [0.2, 0.25) is 0 Å². The van der Waals surface area contributed by atoms with E-state index in [4.69, 9.17) is 16.3 Å². The summed E-state index contributed by atoms with van der Waals surface area (Å²) in [6, 6.07) is 10.2. The van der Waals surface area contributed by atoms with Gasteiger partial charge in [0.15, 0.2) is 11.6 Å². The predicted octanol–water partition coefficient (Wildman–Crippen LogP) is 3.91. The maximum Gasteiger partial charge on any atom is 0.263 e. The van der Waals surface area contributed by atoms with Crippen molar-refractivity contribution in [3.63, 3.8) is 0 Å². The van der Waals surface area contributed by atoms with Gasteiger partial charge >= 0.3 is 0 Å². The summed E-state index contributed by atoms with van der Waals surface area (Å²) in [5.74, 6) is -2.35. The first kappa shape index (κ1) is 20.2. The number of carbonyl (C=O) groups excluding carboxylic acids is 1. The molecule has 1 unspecified atom stereocenters. The first-order valence-corrected chi connectivity index (χ1v) is 9.38. The number of thiazole rings is 1. The highest BCUT2D eigenvalue weighted by Crippen LogP contribution is 2.30. The zero-order valence-electron chi connectivity index (χ0n) is 14.4. The molecule has 0 radical (unpaired) electrons. The Kier molecular flexibility index (Phi) is 6.56. The van der Waals surface area contributed by atoms with E-state index in [-0.39, 0.29) is 18.9 Å². The van der Waals surface area contributed by atoms with Crippen LogP contribution < -0.4 is 10.1 Å². The van der Waals surface area contributed by atoms with Gasteiger partial charge in [0.05, 0.1) is 11.2 Å². The lowest BCUT2D eigenvalue weighted by atomic mass is 10.2. The molecule has 3 aromatic rings. The number of rotatable bonds is 7. The SMILES string of the molecule is O=C(NCC(O)COc1ccc(F)c(F)c1)c1cnc(-c2ccccc2Cl)s1. The summed E-state index contributed by atoms with van der Waals surface area (Å²) < 4.78 is 31.2. The van der Waals surface area contributed by atoms with Crippen molar-refractivity contribution < 1.29 is 23.4 Å². The van der Waals surface area contributed by atoms with Crippen LogP contribution in [0.15, 0.2) is 48.7 Å². The number of aliphatic hydroxyl groups is 1. The number of nitrogens with zero attached hydrogens (tertiary/aromatic N) is 1. The van der Waals surface area contributed by atoms with Crippen molar-refractivity contribution in [3.8, 4) is 16.3 Å². The minimum atomic E-state index is -1.04. The summed E-state index contributed by atoms with van der Waals surface area (Å²) in [4.78, 5) is 16.8. The van der Waals surface area contributed by atoms with Crippen molar-refractivity contribution in [1.82, 2.24) is 10.3 Å². The molecule has 3 rings (SSSR count). The molecule has 1 atom stereocenters. The van der Waals surface area contributed by atoms with E-state index in [1.165, 1.54) is 23.6 Å². The number of amides is 1. The predicted molar refractivity (Wildman–Crippen MR) is 103 cm³/mol. The molecule has 0 saturated carbocycles. The van der Waals surface area contributed by atoms with Crippen molar-refractivity contribution >= 4 is 28.8 Å². The standard InChI is InChI=1S/C19H15ClF2N2O3S/c20-14-4-2-1-3-13(14)19-24-9-17(28-19)18(26)23-8-11(25)10-27-12-5-6-15(21)16(22)7-12/h1-7,9,11,25H,8,10H2,(H,23,26). The molecule has 2 aromatic carbocycles. The Morgan fingerprint density at radius 1 is 1.25 bits per heavy atom. The second-order valence-corrected chi connectivity index (χ2v) is 7.20. The molecule has 0 saturated heterocycles. The number of benzene rings is 2. The van der Waals surface area contributed by atoms with E-state index in [1.807, 2.05) is 12.1 Å². The monoisotopic (exact) mass is 424 g/mol. The van der Waals surface area contributed by atoms with Crippen molar-refractivity contribution in [2.75, 3.05) is 13.2 Å². The van der Waals surface area contributed by atoms with Crippen molar-refractivity contribution in [2.45, 2.75) is 6.10 Å². The number of ether oxygens (including phenoxy) is 1.